The van der Waals surface area contributed by atoms with Gasteiger partial charge in [0.1, 0.15) is 0 Å². The number of rotatable bonds is 5. The van der Waals surface area contributed by atoms with E-state index in [0.29, 0.717) is 0 Å². The third kappa shape index (κ3) is 3.40. The molecular formula is C12H18NP. The lowest BCUT2D eigenvalue weighted by atomic mass is 10.4. The third-order valence-electron chi connectivity index (χ3n) is 2.20. The molecule has 76 valence electrons. The minimum atomic E-state index is -0.251. The molecule has 0 aliphatic heterocycles. The van der Waals surface area contributed by atoms with Crippen LogP contribution in [0.2, 0.25) is 0 Å². The van der Waals surface area contributed by atoms with E-state index in [-0.39, 0.29) is 7.92 Å². The van der Waals surface area contributed by atoms with Crippen LogP contribution in [0.3, 0.4) is 0 Å². The van der Waals surface area contributed by atoms with E-state index in [0.717, 1.165) is 13.1 Å². The van der Waals surface area contributed by atoms with Crippen LogP contribution >= 0.6 is 7.92 Å². The summed E-state index contributed by atoms with van der Waals surface area (Å²) in [5.41, 5.74) is 0. The van der Waals surface area contributed by atoms with Gasteiger partial charge in [-0.25, -0.2) is 0 Å². The van der Waals surface area contributed by atoms with Crippen molar-refractivity contribution >= 4 is 13.2 Å². The lowest BCUT2D eigenvalue weighted by Crippen LogP contribution is -2.20. The molecule has 1 aromatic carbocycles. The van der Waals surface area contributed by atoms with E-state index >= 15 is 0 Å². The van der Waals surface area contributed by atoms with Gasteiger partial charge in [-0.15, -0.1) is 0 Å². The number of benzene rings is 1. The van der Waals surface area contributed by atoms with Gasteiger partial charge in [-0.2, -0.15) is 0 Å². The molecule has 1 aromatic rings. The van der Waals surface area contributed by atoms with Gasteiger partial charge in [0, 0.05) is 0 Å². The Kier molecular flexibility index (Phi) is 5.14. The van der Waals surface area contributed by atoms with E-state index in [9.17, 15) is 0 Å². The van der Waals surface area contributed by atoms with Crippen LogP contribution in [0.1, 0.15) is 13.8 Å². The van der Waals surface area contributed by atoms with Crippen molar-refractivity contribution < 1.29 is 0 Å². The molecule has 0 saturated carbocycles. The first-order valence-corrected chi connectivity index (χ1v) is 6.86. The molecule has 2 heteroatoms. The van der Waals surface area contributed by atoms with E-state index in [2.05, 4.69) is 62.0 Å². The van der Waals surface area contributed by atoms with Gasteiger partial charge in [-0.05, 0) is 25.1 Å². The summed E-state index contributed by atoms with van der Waals surface area (Å²) in [6.07, 6.45) is 3.53. The first kappa shape index (κ1) is 11.7. The summed E-state index contributed by atoms with van der Waals surface area (Å²) in [4.78, 5) is 2.25. The molecule has 0 saturated heterocycles. The van der Waals surface area contributed by atoms with Crippen molar-refractivity contribution in [1.82, 2.24) is 4.90 Å². The molecule has 1 nitrogen and oxygen atoms in total. The largest absolute Gasteiger partial charge is 0.290 e. The Balaban J connectivity index is 2.54. The van der Waals surface area contributed by atoms with Gasteiger partial charge >= 0.3 is 0 Å². The molecule has 0 spiro atoms. The van der Waals surface area contributed by atoms with E-state index in [1.807, 2.05) is 0 Å². The fourth-order valence-electron chi connectivity index (χ4n) is 1.29. The van der Waals surface area contributed by atoms with Crippen molar-refractivity contribution in [2.45, 2.75) is 13.8 Å². The van der Waals surface area contributed by atoms with Gasteiger partial charge in [-0.3, -0.25) is 4.90 Å². The second-order valence-corrected chi connectivity index (χ2v) is 5.00. The van der Waals surface area contributed by atoms with Crippen LogP contribution in [0.15, 0.2) is 30.3 Å². The summed E-state index contributed by atoms with van der Waals surface area (Å²) in [6, 6.07) is 10.6. The summed E-state index contributed by atoms with van der Waals surface area (Å²) < 4.78 is 0. The Morgan fingerprint density at radius 3 is 2.21 bits per heavy atom. The average molecular weight is 207 g/mol. The van der Waals surface area contributed by atoms with Gasteiger partial charge in [0.2, 0.25) is 0 Å². The Morgan fingerprint density at radius 2 is 1.71 bits per heavy atom. The van der Waals surface area contributed by atoms with Crippen LogP contribution in [0.25, 0.3) is 0 Å². The van der Waals surface area contributed by atoms with Crippen LogP contribution < -0.4 is 5.30 Å². The monoisotopic (exact) mass is 207 g/mol. The third-order valence-corrected chi connectivity index (χ3v) is 3.85. The molecule has 0 heterocycles. The maximum Gasteiger partial charge on any atom is 0.0947 e. The summed E-state index contributed by atoms with van der Waals surface area (Å²) >= 11 is 0. The standard InChI is InChI=1S/C12H18NP/c1-4-13(5-2)11-14(3)12-9-7-6-8-10-12/h6-10H,4-5H2,1-3H3. The SMILES string of the molecule is CCN([C]P(C)c1ccccc1)CC. The highest BCUT2D eigenvalue weighted by molar-refractivity contribution is 7.66. The second kappa shape index (κ2) is 6.16. The highest BCUT2D eigenvalue weighted by Gasteiger charge is 2.09. The topological polar surface area (TPSA) is 3.24 Å². The first-order valence-electron chi connectivity index (χ1n) is 5.08. The summed E-state index contributed by atoms with van der Waals surface area (Å²) in [5, 5.41) is 1.40. The van der Waals surface area contributed by atoms with Crippen LogP contribution in [-0.4, -0.2) is 24.7 Å². The van der Waals surface area contributed by atoms with Gasteiger partial charge in [0.15, 0.2) is 0 Å². The number of hydrogen-bond acceptors (Lipinski definition) is 1. The fraction of sp³-hybridized carbons (Fsp3) is 0.417. The van der Waals surface area contributed by atoms with E-state index in [1.165, 1.54) is 5.30 Å². The summed E-state index contributed by atoms with van der Waals surface area (Å²) in [6.45, 7) is 8.70. The molecule has 0 aliphatic carbocycles. The van der Waals surface area contributed by atoms with Crippen molar-refractivity contribution in [3.63, 3.8) is 0 Å². The quantitative estimate of drug-likeness (QED) is 0.530. The lowest BCUT2D eigenvalue weighted by Gasteiger charge is -2.21. The van der Waals surface area contributed by atoms with Crippen molar-refractivity contribution in [2.24, 2.45) is 0 Å². The number of nitrogens with zero attached hydrogens (tertiary/aromatic N) is 1. The van der Waals surface area contributed by atoms with Crippen LogP contribution in [0, 0.1) is 6.29 Å². The summed E-state index contributed by atoms with van der Waals surface area (Å²) in [7, 11) is -0.251. The van der Waals surface area contributed by atoms with E-state index < -0.39 is 0 Å². The average Bonchev–Trinajstić information content (AvgIpc) is 2.26. The first-order chi connectivity index (χ1) is 6.77. The Bertz CT molecular complexity index is 244. The molecular weight excluding hydrogens is 189 g/mol. The second-order valence-electron chi connectivity index (χ2n) is 3.17. The zero-order chi connectivity index (χ0) is 10.4. The van der Waals surface area contributed by atoms with E-state index in [1.54, 1.807) is 0 Å². The summed E-state index contributed by atoms with van der Waals surface area (Å²) in [5.74, 6) is 0. The zero-order valence-corrected chi connectivity index (χ0v) is 10.1. The maximum absolute atomic E-state index is 3.53. The molecule has 1 atom stereocenters. The molecule has 1 unspecified atom stereocenters. The Labute approximate surface area is 88.9 Å². The molecule has 0 amide bonds. The van der Waals surface area contributed by atoms with Crippen LogP contribution in [-0.2, 0) is 0 Å². The Hall–Kier alpha value is -0.390. The highest BCUT2D eigenvalue weighted by Crippen LogP contribution is 2.34. The molecule has 0 aromatic heterocycles. The minimum absolute atomic E-state index is 0.251. The normalized spacial score (nSPS) is 13.1. The predicted octanol–water partition coefficient (Wildman–Crippen LogP) is 2.76. The molecule has 0 N–H and O–H groups in total. The molecule has 0 bridgehead atoms. The van der Waals surface area contributed by atoms with Crippen LogP contribution in [0.5, 0.6) is 0 Å². The maximum atomic E-state index is 3.53. The predicted molar refractivity (Wildman–Crippen MR) is 65.1 cm³/mol. The van der Waals surface area contributed by atoms with Crippen molar-refractivity contribution in [2.75, 3.05) is 19.8 Å². The molecule has 14 heavy (non-hydrogen) atoms. The van der Waals surface area contributed by atoms with Crippen molar-refractivity contribution in [3.8, 4) is 0 Å². The fourth-order valence-corrected chi connectivity index (χ4v) is 2.73. The van der Waals surface area contributed by atoms with Gasteiger partial charge in [-0.1, -0.05) is 52.1 Å². The Morgan fingerprint density at radius 1 is 1.14 bits per heavy atom. The lowest BCUT2D eigenvalue weighted by molar-refractivity contribution is 0.400. The van der Waals surface area contributed by atoms with E-state index in [4.69, 9.17) is 0 Å². The van der Waals surface area contributed by atoms with Crippen molar-refractivity contribution in [1.29, 1.82) is 0 Å². The molecule has 1 rings (SSSR count). The highest BCUT2D eigenvalue weighted by atomic mass is 31.1. The molecule has 0 fully saturated rings. The van der Waals surface area contributed by atoms with Gasteiger partial charge in [0.05, 0.1) is 6.29 Å². The number of hydrogen-bond donors (Lipinski definition) is 0. The minimum Gasteiger partial charge on any atom is -0.290 e. The van der Waals surface area contributed by atoms with Crippen molar-refractivity contribution in [3.05, 3.63) is 36.6 Å². The van der Waals surface area contributed by atoms with Gasteiger partial charge in [0.25, 0.3) is 0 Å². The van der Waals surface area contributed by atoms with Crippen LogP contribution in [0.4, 0.5) is 0 Å². The molecule has 2 radical (unpaired) electrons. The van der Waals surface area contributed by atoms with Gasteiger partial charge < -0.3 is 0 Å². The zero-order valence-electron chi connectivity index (χ0n) is 9.20. The smallest absolute Gasteiger partial charge is 0.0947 e. The molecule has 0 aliphatic rings.